The fourth-order valence-electron chi connectivity index (χ4n) is 2.79. The van der Waals surface area contributed by atoms with Crippen LogP contribution in [0.1, 0.15) is 11.3 Å². The van der Waals surface area contributed by atoms with Crippen LogP contribution in [0.4, 0.5) is 0 Å². The van der Waals surface area contributed by atoms with Crippen LogP contribution in [0.2, 0.25) is 0 Å². The molecule has 1 aromatic carbocycles. The molecule has 20 heavy (non-hydrogen) atoms. The van der Waals surface area contributed by atoms with Gasteiger partial charge in [-0.15, -0.1) is 0 Å². The van der Waals surface area contributed by atoms with E-state index in [4.69, 9.17) is 4.74 Å². The maximum absolute atomic E-state index is 9.58. The number of nitrogens with zero attached hydrogens (tertiary/aromatic N) is 3. The molecule has 3 rings (SSSR count). The van der Waals surface area contributed by atoms with Gasteiger partial charge in [-0.3, -0.25) is 9.89 Å². The zero-order valence-corrected chi connectivity index (χ0v) is 11.9. The second-order valence-electron chi connectivity index (χ2n) is 5.04. The van der Waals surface area contributed by atoms with E-state index in [-0.39, 0.29) is 0 Å². The molecule has 0 bridgehead atoms. The zero-order valence-electron chi connectivity index (χ0n) is 11.9. The van der Waals surface area contributed by atoms with Gasteiger partial charge in [0.2, 0.25) is 0 Å². The summed E-state index contributed by atoms with van der Waals surface area (Å²) in [4.78, 5) is 0. The van der Waals surface area contributed by atoms with Gasteiger partial charge in [0.15, 0.2) is 5.69 Å². The highest BCUT2D eigenvalue weighted by atomic mass is 16.5. The average Bonchev–Trinajstić information content (AvgIpc) is 2.79. The Kier molecular flexibility index (Phi) is 2.87. The van der Waals surface area contributed by atoms with Crippen molar-refractivity contribution in [1.29, 1.82) is 5.26 Å². The summed E-state index contributed by atoms with van der Waals surface area (Å²) >= 11 is 0. The smallest absolute Gasteiger partial charge is 0.295 e. The van der Waals surface area contributed by atoms with Crippen molar-refractivity contribution in [3.8, 4) is 11.8 Å². The second kappa shape index (κ2) is 4.57. The van der Waals surface area contributed by atoms with Crippen LogP contribution in [0.25, 0.3) is 10.9 Å². The van der Waals surface area contributed by atoms with Crippen LogP contribution >= 0.6 is 0 Å². The lowest BCUT2D eigenvalue weighted by Gasteiger charge is -2.16. The number of amidine groups is 1. The Bertz CT molecular complexity index is 760. The van der Waals surface area contributed by atoms with Crippen LogP contribution in [-0.2, 0) is 6.54 Å². The van der Waals surface area contributed by atoms with Gasteiger partial charge in [-0.25, -0.2) is 0 Å². The number of rotatable bonds is 1. The normalized spacial score (nSPS) is 13.6. The van der Waals surface area contributed by atoms with Crippen molar-refractivity contribution in [3.05, 3.63) is 29.5 Å². The third-order valence-corrected chi connectivity index (χ3v) is 3.68. The van der Waals surface area contributed by atoms with Crippen LogP contribution in [0.15, 0.2) is 18.2 Å². The predicted molar refractivity (Wildman–Crippen MR) is 77.4 cm³/mol. The van der Waals surface area contributed by atoms with Crippen molar-refractivity contribution >= 4 is 16.7 Å². The van der Waals surface area contributed by atoms with E-state index in [0.717, 1.165) is 41.3 Å². The van der Waals surface area contributed by atoms with Crippen LogP contribution < -0.4 is 10.1 Å². The summed E-state index contributed by atoms with van der Waals surface area (Å²) in [6.07, 6.45) is 0. The van der Waals surface area contributed by atoms with E-state index in [9.17, 15) is 5.26 Å². The summed E-state index contributed by atoms with van der Waals surface area (Å²) in [5.74, 6) is 1.76. The molecule has 1 N–H and O–H groups in total. The molecule has 2 heterocycles. The van der Waals surface area contributed by atoms with Gasteiger partial charge in [-0.05, 0) is 18.2 Å². The number of fused-ring (bicyclic) bond motifs is 3. The first kappa shape index (κ1) is 12.5. The monoisotopic (exact) mass is 269 g/mol. The number of aromatic nitrogens is 1. The fraction of sp³-hybridized carbons (Fsp3) is 0.333. The Hall–Kier alpha value is -2.48. The molecule has 5 nitrogen and oxygen atoms in total. The third-order valence-electron chi connectivity index (χ3n) is 3.68. The van der Waals surface area contributed by atoms with Crippen LogP contribution in [0, 0.1) is 11.3 Å². The summed E-state index contributed by atoms with van der Waals surface area (Å²) in [5, 5.41) is 13.9. The first-order valence-corrected chi connectivity index (χ1v) is 6.56. The maximum Gasteiger partial charge on any atom is 0.295 e. The number of methoxy groups -OCH3 is 1. The van der Waals surface area contributed by atoms with Crippen molar-refractivity contribution in [3.63, 3.8) is 0 Å². The molecule has 0 aliphatic carbocycles. The van der Waals surface area contributed by atoms with E-state index in [1.807, 2.05) is 36.9 Å². The minimum atomic E-state index is 0.704. The Labute approximate surface area is 117 Å². The lowest BCUT2D eigenvalue weighted by Crippen LogP contribution is -2.40. The van der Waals surface area contributed by atoms with E-state index in [1.165, 1.54) is 0 Å². The van der Waals surface area contributed by atoms with Gasteiger partial charge in [0.05, 0.1) is 38.8 Å². The standard InChI is InChI=1S/C15H16N4O/c1-18(2)15-14-12(9-16)11-8-10(20-3)4-5-13(11)19(14)7-6-17-15/h4-5,8H,6-7H2,1-3H3/p+1. The molecule has 0 saturated heterocycles. The van der Waals surface area contributed by atoms with E-state index < -0.39 is 0 Å². The van der Waals surface area contributed by atoms with Crippen LogP contribution in [0.5, 0.6) is 5.75 Å². The molecule has 1 aliphatic heterocycles. The van der Waals surface area contributed by atoms with Gasteiger partial charge in [0.1, 0.15) is 18.4 Å². The van der Waals surface area contributed by atoms with Gasteiger partial charge >= 0.3 is 0 Å². The minimum Gasteiger partial charge on any atom is -0.497 e. The Morgan fingerprint density at radius 2 is 2.20 bits per heavy atom. The van der Waals surface area contributed by atoms with Crippen molar-refractivity contribution in [2.75, 3.05) is 27.7 Å². The van der Waals surface area contributed by atoms with Crippen molar-refractivity contribution in [1.82, 2.24) is 9.88 Å². The molecular formula is C15H17N4O+. The summed E-state index contributed by atoms with van der Waals surface area (Å²) in [7, 11) is 5.61. The number of nitriles is 1. The average molecular weight is 269 g/mol. The molecule has 5 heteroatoms. The number of benzene rings is 1. The van der Waals surface area contributed by atoms with Gasteiger partial charge in [-0.2, -0.15) is 5.26 Å². The Balaban J connectivity index is 2.42. The molecule has 0 saturated carbocycles. The van der Waals surface area contributed by atoms with Crippen LogP contribution in [-0.4, -0.2) is 42.7 Å². The van der Waals surface area contributed by atoms with Crippen molar-refractivity contribution < 1.29 is 9.31 Å². The highest BCUT2D eigenvalue weighted by Gasteiger charge is 2.29. The molecule has 0 spiro atoms. The second-order valence-corrected chi connectivity index (χ2v) is 5.04. The summed E-state index contributed by atoms with van der Waals surface area (Å²) in [5.41, 5.74) is 2.75. The topological polar surface area (TPSA) is 53.0 Å². The number of nitrogens with one attached hydrogen (secondary N) is 1. The number of hydrogen-bond donors (Lipinski definition) is 1. The number of hydrogen-bond acceptors (Lipinski definition) is 2. The van der Waals surface area contributed by atoms with Gasteiger partial charge in [-0.1, -0.05) is 0 Å². The van der Waals surface area contributed by atoms with E-state index in [0.29, 0.717) is 5.56 Å². The van der Waals surface area contributed by atoms with E-state index in [1.54, 1.807) is 7.11 Å². The van der Waals surface area contributed by atoms with Crippen molar-refractivity contribution in [2.24, 2.45) is 0 Å². The van der Waals surface area contributed by atoms with Gasteiger partial charge < -0.3 is 9.30 Å². The van der Waals surface area contributed by atoms with E-state index in [2.05, 4.69) is 16.0 Å². The third kappa shape index (κ3) is 1.65. The molecule has 2 aromatic rings. The SMILES string of the molecule is COc1ccc2c(c1)c(C#N)c1n2CCNC1=[N+](C)C. The Morgan fingerprint density at radius 3 is 2.85 bits per heavy atom. The first-order chi connectivity index (χ1) is 9.67. The maximum atomic E-state index is 9.58. The van der Waals surface area contributed by atoms with Crippen LogP contribution in [0.3, 0.4) is 0 Å². The Morgan fingerprint density at radius 1 is 1.40 bits per heavy atom. The lowest BCUT2D eigenvalue weighted by molar-refractivity contribution is -0.466. The van der Waals surface area contributed by atoms with Gasteiger partial charge in [0.25, 0.3) is 5.84 Å². The predicted octanol–water partition coefficient (Wildman–Crippen LogP) is 1.14. The lowest BCUT2D eigenvalue weighted by atomic mass is 10.1. The molecule has 1 aromatic heterocycles. The number of ether oxygens (including phenoxy) is 1. The zero-order chi connectivity index (χ0) is 14.3. The molecule has 1 aliphatic rings. The highest BCUT2D eigenvalue weighted by molar-refractivity contribution is 6.04. The summed E-state index contributed by atoms with van der Waals surface area (Å²) in [6.45, 7) is 1.72. The fourth-order valence-corrected chi connectivity index (χ4v) is 2.79. The van der Waals surface area contributed by atoms with E-state index >= 15 is 0 Å². The quantitative estimate of drug-likeness (QED) is 0.790. The molecular weight excluding hydrogens is 252 g/mol. The highest BCUT2D eigenvalue weighted by Crippen LogP contribution is 2.30. The molecule has 0 atom stereocenters. The van der Waals surface area contributed by atoms with Crippen molar-refractivity contribution in [2.45, 2.75) is 6.54 Å². The molecule has 102 valence electrons. The largest absolute Gasteiger partial charge is 0.497 e. The minimum absolute atomic E-state index is 0.704. The molecule has 0 unspecified atom stereocenters. The molecule has 0 amide bonds. The summed E-state index contributed by atoms with van der Waals surface area (Å²) < 4.78 is 9.50. The first-order valence-electron chi connectivity index (χ1n) is 6.56. The summed E-state index contributed by atoms with van der Waals surface area (Å²) in [6, 6.07) is 8.25. The molecule has 0 fully saturated rings. The molecule has 0 radical (unpaired) electrons. The van der Waals surface area contributed by atoms with Gasteiger partial charge in [0, 0.05) is 5.39 Å².